The maximum absolute atomic E-state index is 10.9. The molecule has 0 aromatic rings. The molecule has 1 aliphatic rings. The molecule has 1 fully saturated rings. The van der Waals surface area contributed by atoms with Crippen LogP contribution in [0.25, 0.3) is 0 Å². The summed E-state index contributed by atoms with van der Waals surface area (Å²) < 4.78 is 15.9. The monoisotopic (exact) mass is 228 g/mol. The van der Waals surface area contributed by atoms with E-state index in [0.29, 0.717) is 0 Å². The lowest BCUT2D eigenvalue weighted by molar-refractivity contribution is -0.152. The number of carbonyl (C=O) groups is 1. The van der Waals surface area contributed by atoms with Crippen molar-refractivity contribution < 1.29 is 19.0 Å². The molecule has 0 aromatic carbocycles. The molecule has 4 atom stereocenters. The van der Waals surface area contributed by atoms with Gasteiger partial charge in [0.25, 0.3) is 0 Å². The summed E-state index contributed by atoms with van der Waals surface area (Å²) in [6, 6.07) is 0. The number of hydrogen-bond acceptors (Lipinski definition) is 4. The summed E-state index contributed by atoms with van der Waals surface area (Å²) >= 11 is 0. The van der Waals surface area contributed by atoms with E-state index in [1.54, 1.807) is 7.11 Å². The first-order valence-corrected chi connectivity index (χ1v) is 5.43. The van der Waals surface area contributed by atoms with Gasteiger partial charge in [0.05, 0.1) is 6.10 Å². The Bertz CT molecular complexity index is 251. The van der Waals surface area contributed by atoms with E-state index in [2.05, 4.69) is 6.58 Å². The summed E-state index contributed by atoms with van der Waals surface area (Å²) in [5, 5.41) is 0. The highest BCUT2D eigenvalue weighted by Gasteiger charge is 2.40. The zero-order valence-corrected chi connectivity index (χ0v) is 10.1. The third-order valence-electron chi connectivity index (χ3n) is 2.87. The molecule has 1 heterocycles. The quantitative estimate of drug-likeness (QED) is 0.511. The zero-order chi connectivity index (χ0) is 12.1. The average Bonchev–Trinajstić information content (AvgIpc) is 2.63. The van der Waals surface area contributed by atoms with Gasteiger partial charge < -0.3 is 19.0 Å². The molecule has 0 spiro atoms. The van der Waals surface area contributed by atoms with Crippen LogP contribution in [0.4, 0.5) is 0 Å². The van der Waals surface area contributed by atoms with Gasteiger partial charge in [-0.05, 0) is 19.3 Å². The molecule has 0 radical (unpaired) electrons. The van der Waals surface area contributed by atoms with Crippen LogP contribution in [0.5, 0.6) is 0 Å². The van der Waals surface area contributed by atoms with Crippen molar-refractivity contribution >= 4 is 6.29 Å². The normalized spacial score (nSPS) is 31.3. The topological polar surface area (TPSA) is 44.8 Å². The largest absolute Gasteiger partial charge is 0.371 e. The highest BCUT2D eigenvalue weighted by Crippen LogP contribution is 2.33. The second kappa shape index (κ2) is 6.13. The van der Waals surface area contributed by atoms with Crippen molar-refractivity contribution in [2.45, 2.75) is 38.3 Å². The minimum absolute atomic E-state index is 0.232. The summed E-state index contributed by atoms with van der Waals surface area (Å²) in [7, 11) is 3.12. The molecular formula is C12H20O4. The first kappa shape index (κ1) is 13.4. The summed E-state index contributed by atoms with van der Waals surface area (Å²) in [4.78, 5) is 10.9. The molecule has 4 nitrogen and oxygen atoms in total. The Balaban J connectivity index is 2.69. The maximum atomic E-state index is 10.9. The van der Waals surface area contributed by atoms with Gasteiger partial charge in [-0.3, -0.25) is 0 Å². The van der Waals surface area contributed by atoms with E-state index >= 15 is 0 Å². The number of aldehydes is 1. The smallest absolute Gasteiger partial charge is 0.158 e. The minimum Gasteiger partial charge on any atom is -0.371 e. The van der Waals surface area contributed by atoms with E-state index < -0.39 is 6.10 Å². The Hall–Kier alpha value is -0.710. The van der Waals surface area contributed by atoms with Crippen molar-refractivity contribution in [1.29, 1.82) is 0 Å². The Morgan fingerprint density at radius 2 is 2.31 bits per heavy atom. The SMILES string of the molecule is C=C(C)C[C@@H]1C[C@H](OC)O[C@@H]1[C@H](C=O)OC. The Morgan fingerprint density at radius 3 is 2.75 bits per heavy atom. The van der Waals surface area contributed by atoms with Crippen molar-refractivity contribution in [3.05, 3.63) is 12.2 Å². The van der Waals surface area contributed by atoms with Gasteiger partial charge in [0.2, 0.25) is 0 Å². The van der Waals surface area contributed by atoms with Crippen LogP contribution in [-0.2, 0) is 19.0 Å². The van der Waals surface area contributed by atoms with Gasteiger partial charge in [0.1, 0.15) is 6.10 Å². The molecule has 1 aliphatic heterocycles. The molecule has 92 valence electrons. The molecular weight excluding hydrogens is 208 g/mol. The van der Waals surface area contributed by atoms with Crippen molar-refractivity contribution in [1.82, 2.24) is 0 Å². The lowest BCUT2D eigenvalue weighted by atomic mass is 9.91. The van der Waals surface area contributed by atoms with Crippen molar-refractivity contribution in [2.24, 2.45) is 5.92 Å². The molecule has 4 heteroatoms. The van der Waals surface area contributed by atoms with Crippen LogP contribution in [0.3, 0.4) is 0 Å². The van der Waals surface area contributed by atoms with Crippen LogP contribution < -0.4 is 0 Å². The van der Waals surface area contributed by atoms with Gasteiger partial charge in [-0.15, -0.1) is 6.58 Å². The summed E-state index contributed by atoms with van der Waals surface area (Å²) in [6.07, 6.45) is 1.40. The molecule has 0 unspecified atom stereocenters. The summed E-state index contributed by atoms with van der Waals surface area (Å²) in [5.74, 6) is 0.234. The van der Waals surface area contributed by atoms with E-state index in [1.807, 2.05) is 6.92 Å². The minimum atomic E-state index is -0.524. The van der Waals surface area contributed by atoms with Crippen LogP contribution in [-0.4, -0.2) is 39.0 Å². The first-order chi connectivity index (χ1) is 7.62. The van der Waals surface area contributed by atoms with Gasteiger partial charge in [-0.2, -0.15) is 0 Å². The lowest BCUT2D eigenvalue weighted by Gasteiger charge is -2.22. The summed E-state index contributed by atoms with van der Waals surface area (Å²) in [5.41, 5.74) is 1.08. The Morgan fingerprint density at radius 1 is 1.62 bits per heavy atom. The van der Waals surface area contributed by atoms with Crippen molar-refractivity contribution in [2.75, 3.05) is 14.2 Å². The van der Waals surface area contributed by atoms with Crippen LogP contribution in [0.15, 0.2) is 12.2 Å². The fraction of sp³-hybridized carbons (Fsp3) is 0.750. The van der Waals surface area contributed by atoms with Crippen molar-refractivity contribution in [3.63, 3.8) is 0 Å². The molecule has 0 saturated carbocycles. The molecule has 0 aliphatic carbocycles. The number of hydrogen-bond donors (Lipinski definition) is 0. The number of allylic oxidation sites excluding steroid dienone is 1. The fourth-order valence-corrected chi connectivity index (χ4v) is 2.13. The van der Waals surface area contributed by atoms with Crippen LogP contribution in [0.2, 0.25) is 0 Å². The average molecular weight is 228 g/mol. The predicted octanol–water partition coefficient (Wildman–Crippen LogP) is 1.54. The second-order valence-electron chi connectivity index (χ2n) is 4.26. The second-order valence-corrected chi connectivity index (χ2v) is 4.26. The number of carbonyl (C=O) groups excluding carboxylic acids is 1. The van der Waals surface area contributed by atoms with Gasteiger partial charge in [0, 0.05) is 20.6 Å². The van der Waals surface area contributed by atoms with Crippen molar-refractivity contribution in [3.8, 4) is 0 Å². The van der Waals surface area contributed by atoms with E-state index in [0.717, 1.165) is 24.7 Å². The van der Waals surface area contributed by atoms with E-state index in [4.69, 9.17) is 14.2 Å². The maximum Gasteiger partial charge on any atom is 0.158 e. The number of methoxy groups -OCH3 is 2. The molecule has 0 amide bonds. The van der Waals surface area contributed by atoms with Gasteiger partial charge in [-0.25, -0.2) is 0 Å². The predicted molar refractivity (Wildman–Crippen MR) is 60.1 cm³/mol. The Kier molecular flexibility index (Phi) is 5.12. The highest BCUT2D eigenvalue weighted by molar-refractivity contribution is 5.57. The van der Waals surface area contributed by atoms with Crippen LogP contribution in [0.1, 0.15) is 19.8 Å². The third kappa shape index (κ3) is 3.14. The van der Waals surface area contributed by atoms with Gasteiger partial charge in [-0.1, -0.05) is 5.57 Å². The van der Waals surface area contributed by atoms with Gasteiger partial charge in [0.15, 0.2) is 12.6 Å². The first-order valence-electron chi connectivity index (χ1n) is 5.43. The Labute approximate surface area is 96.6 Å². The fourth-order valence-electron chi connectivity index (χ4n) is 2.13. The molecule has 16 heavy (non-hydrogen) atoms. The lowest BCUT2D eigenvalue weighted by Crippen LogP contribution is -2.34. The molecule has 1 saturated heterocycles. The highest BCUT2D eigenvalue weighted by atomic mass is 16.7. The third-order valence-corrected chi connectivity index (χ3v) is 2.87. The zero-order valence-electron chi connectivity index (χ0n) is 10.1. The molecule has 0 bridgehead atoms. The van der Waals surface area contributed by atoms with E-state index in [9.17, 15) is 4.79 Å². The molecule has 0 aromatic heterocycles. The summed E-state index contributed by atoms with van der Waals surface area (Å²) in [6.45, 7) is 5.86. The van der Waals surface area contributed by atoms with Crippen LogP contribution >= 0.6 is 0 Å². The van der Waals surface area contributed by atoms with E-state index in [-0.39, 0.29) is 18.3 Å². The number of ether oxygens (including phenoxy) is 3. The van der Waals surface area contributed by atoms with E-state index in [1.165, 1.54) is 7.11 Å². The standard InChI is InChI=1S/C12H20O4/c1-8(2)5-9-6-11(15-4)16-12(9)10(7-13)14-3/h7,9-12H,1,5-6H2,2-4H3/t9-,10+,11-,12+/m1/s1. The number of rotatable bonds is 6. The van der Waals surface area contributed by atoms with Gasteiger partial charge >= 0.3 is 0 Å². The molecule has 1 rings (SSSR count). The van der Waals surface area contributed by atoms with Crippen LogP contribution in [0, 0.1) is 5.92 Å². The molecule has 0 N–H and O–H groups in total.